The van der Waals surface area contributed by atoms with Crippen LogP contribution in [0.2, 0.25) is 0 Å². The van der Waals surface area contributed by atoms with Gasteiger partial charge in [0, 0.05) is 0 Å². The number of nitrogens with one attached hydrogen (secondary N) is 1. The van der Waals surface area contributed by atoms with E-state index in [9.17, 15) is 14.0 Å². The smallest absolute Gasteiger partial charge is 0.149 e. The van der Waals surface area contributed by atoms with Gasteiger partial charge in [-0.3, -0.25) is 0 Å². The molecule has 0 aliphatic rings. The van der Waals surface area contributed by atoms with Crippen LogP contribution in [0.4, 0.5) is 8.78 Å². The highest BCUT2D eigenvalue weighted by Crippen LogP contribution is 2.21. The van der Waals surface area contributed by atoms with E-state index in [1.807, 2.05) is 0 Å². The van der Waals surface area contributed by atoms with Crippen molar-refractivity contribution in [3.05, 3.63) is 95.3 Å². The van der Waals surface area contributed by atoms with Gasteiger partial charge in [-0.15, -0.1) is 0 Å². The average molecular weight is 387 g/mol. The predicted molar refractivity (Wildman–Crippen MR) is 107 cm³/mol. The summed E-state index contributed by atoms with van der Waals surface area (Å²) in [6.45, 7) is 0.256. The third-order valence-corrected chi connectivity index (χ3v) is 4.31. The van der Waals surface area contributed by atoms with Crippen LogP contribution in [-0.2, 0) is 6.61 Å². The molecule has 1 aromatic heterocycles. The van der Waals surface area contributed by atoms with Crippen molar-refractivity contribution < 1.29 is 13.5 Å². The van der Waals surface area contributed by atoms with E-state index in [2.05, 4.69) is 16.0 Å². The number of hydrogen-bond donors (Lipinski definition) is 1. The van der Waals surface area contributed by atoms with Crippen LogP contribution in [-0.4, -0.2) is 9.97 Å². The van der Waals surface area contributed by atoms with E-state index in [4.69, 9.17) is 4.74 Å². The van der Waals surface area contributed by atoms with Crippen LogP contribution in [0.15, 0.2) is 66.7 Å². The molecule has 1 N–H and O–H groups in total. The van der Waals surface area contributed by atoms with Crippen molar-refractivity contribution in [2.45, 2.75) is 6.61 Å². The van der Waals surface area contributed by atoms with E-state index < -0.39 is 0 Å². The third kappa shape index (κ3) is 4.30. The zero-order valence-electron chi connectivity index (χ0n) is 15.2. The van der Waals surface area contributed by atoms with Crippen molar-refractivity contribution in [1.82, 2.24) is 9.97 Å². The molecule has 0 radical (unpaired) electrons. The SMILES string of the molecule is N#C/C(=C/c1ccc(OCc2cccc(F)c2)cc1)c1nc2ccc(F)cc2[nH]1. The van der Waals surface area contributed by atoms with Crippen molar-refractivity contribution in [3.8, 4) is 11.8 Å². The molecule has 0 saturated heterocycles. The first kappa shape index (κ1) is 18.4. The molecule has 0 saturated carbocycles. The molecule has 6 heteroatoms. The van der Waals surface area contributed by atoms with Crippen LogP contribution in [0, 0.1) is 23.0 Å². The van der Waals surface area contributed by atoms with Gasteiger partial charge in [-0.2, -0.15) is 5.26 Å². The number of fused-ring (bicyclic) bond motifs is 1. The van der Waals surface area contributed by atoms with E-state index in [0.29, 0.717) is 28.2 Å². The molecule has 3 aromatic carbocycles. The number of aromatic nitrogens is 2. The zero-order valence-corrected chi connectivity index (χ0v) is 15.2. The second-order valence-corrected chi connectivity index (χ2v) is 6.40. The van der Waals surface area contributed by atoms with Gasteiger partial charge in [0.05, 0.1) is 16.6 Å². The number of H-pyrrole nitrogens is 1. The summed E-state index contributed by atoms with van der Waals surface area (Å²) in [7, 11) is 0. The summed E-state index contributed by atoms with van der Waals surface area (Å²) in [5, 5.41) is 9.50. The lowest BCUT2D eigenvalue weighted by atomic mass is 10.1. The lowest BCUT2D eigenvalue weighted by Crippen LogP contribution is -1.95. The standard InChI is InChI=1S/C23H15F2N3O/c24-18-3-1-2-16(11-18)14-29-20-7-4-15(5-8-20)10-17(13-26)23-27-21-9-6-19(25)12-22(21)28-23/h1-12H,14H2,(H,27,28)/b17-10-. The summed E-state index contributed by atoms with van der Waals surface area (Å²) >= 11 is 0. The van der Waals surface area contributed by atoms with Crippen LogP contribution in [0.5, 0.6) is 5.75 Å². The number of benzene rings is 3. The number of halogens is 2. The van der Waals surface area contributed by atoms with Crippen molar-refractivity contribution in [3.63, 3.8) is 0 Å². The summed E-state index contributed by atoms with van der Waals surface area (Å²) in [6, 6.07) is 19.7. The lowest BCUT2D eigenvalue weighted by Gasteiger charge is -2.06. The van der Waals surface area contributed by atoms with Crippen molar-refractivity contribution in [1.29, 1.82) is 5.26 Å². The maximum atomic E-state index is 13.3. The van der Waals surface area contributed by atoms with E-state index in [1.54, 1.807) is 48.5 Å². The molecule has 142 valence electrons. The first-order valence-corrected chi connectivity index (χ1v) is 8.85. The highest BCUT2D eigenvalue weighted by molar-refractivity contribution is 5.90. The number of imidazole rings is 1. The Balaban J connectivity index is 1.51. The summed E-state index contributed by atoms with van der Waals surface area (Å²) in [5.41, 5.74) is 2.97. The highest BCUT2D eigenvalue weighted by atomic mass is 19.1. The van der Waals surface area contributed by atoms with E-state index >= 15 is 0 Å². The van der Waals surface area contributed by atoms with Gasteiger partial charge in [-0.05, 0) is 59.7 Å². The number of allylic oxidation sites excluding steroid dienone is 1. The zero-order chi connectivity index (χ0) is 20.2. The quantitative estimate of drug-likeness (QED) is 0.461. The maximum absolute atomic E-state index is 13.3. The number of nitrogens with zero attached hydrogens (tertiary/aromatic N) is 2. The van der Waals surface area contributed by atoms with E-state index in [-0.39, 0.29) is 18.2 Å². The normalized spacial score (nSPS) is 11.4. The monoisotopic (exact) mass is 387 g/mol. The molecule has 0 spiro atoms. The minimum atomic E-state index is -0.371. The van der Waals surface area contributed by atoms with Gasteiger partial charge in [-0.25, -0.2) is 13.8 Å². The minimum absolute atomic E-state index is 0.256. The highest BCUT2D eigenvalue weighted by Gasteiger charge is 2.09. The molecule has 0 unspecified atom stereocenters. The Hall–Kier alpha value is -3.98. The second kappa shape index (κ2) is 7.95. The molecule has 0 bridgehead atoms. The molecule has 4 aromatic rings. The van der Waals surface area contributed by atoms with Gasteiger partial charge in [0.25, 0.3) is 0 Å². The Bertz CT molecular complexity index is 1240. The maximum Gasteiger partial charge on any atom is 0.149 e. The Labute approximate surface area is 165 Å². The predicted octanol–water partition coefficient (Wildman–Crippen LogP) is 5.48. The van der Waals surface area contributed by atoms with Gasteiger partial charge in [0.1, 0.15) is 35.9 Å². The fraction of sp³-hybridized carbons (Fsp3) is 0.0435. The molecule has 4 rings (SSSR count). The molecule has 1 heterocycles. The van der Waals surface area contributed by atoms with Crippen LogP contribution < -0.4 is 4.74 Å². The number of rotatable bonds is 5. The van der Waals surface area contributed by atoms with E-state index in [1.165, 1.54) is 24.3 Å². The topological polar surface area (TPSA) is 61.7 Å². The van der Waals surface area contributed by atoms with Crippen LogP contribution in [0.3, 0.4) is 0 Å². The number of nitriles is 1. The number of aromatic amines is 1. The van der Waals surface area contributed by atoms with Crippen molar-refractivity contribution in [2.75, 3.05) is 0 Å². The summed E-state index contributed by atoms with van der Waals surface area (Å²) in [5.74, 6) is 0.330. The molecule has 0 amide bonds. The summed E-state index contributed by atoms with van der Waals surface area (Å²) < 4.78 is 32.2. The Kier molecular flexibility index (Phi) is 5.04. The van der Waals surface area contributed by atoms with Gasteiger partial charge in [0.2, 0.25) is 0 Å². The second-order valence-electron chi connectivity index (χ2n) is 6.40. The Morgan fingerprint density at radius 3 is 2.59 bits per heavy atom. The molecule has 0 aliphatic carbocycles. The molecule has 0 fully saturated rings. The Morgan fingerprint density at radius 2 is 1.83 bits per heavy atom. The van der Waals surface area contributed by atoms with E-state index in [0.717, 1.165) is 11.1 Å². The third-order valence-electron chi connectivity index (χ3n) is 4.31. The molecule has 0 aliphatic heterocycles. The van der Waals surface area contributed by atoms with Crippen LogP contribution in [0.1, 0.15) is 17.0 Å². The largest absolute Gasteiger partial charge is 0.489 e. The molecule has 29 heavy (non-hydrogen) atoms. The first-order valence-electron chi connectivity index (χ1n) is 8.85. The van der Waals surface area contributed by atoms with Gasteiger partial charge >= 0.3 is 0 Å². The average Bonchev–Trinajstić information content (AvgIpc) is 3.14. The van der Waals surface area contributed by atoms with Crippen molar-refractivity contribution >= 4 is 22.7 Å². The fourth-order valence-electron chi connectivity index (χ4n) is 2.88. The minimum Gasteiger partial charge on any atom is -0.489 e. The molecular weight excluding hydrogens is 372 g/mol. The van der Waals surface area contributed by atoms with Gasteiger partial charge < -0.3 is 9.72 Å². The summed E-state index contributed by atoms with van der Waals surface area (Å²) in [4.78, 5) is 7.31. The summed E-state index contributed by atoms with van der Waals surface area (Å²) in [6.07, 6.45) is 1.68. The van der Waals surface area contributed by atoms with Gasteiger partial charge in [-0.1, -0.05) is 24.3 Å². The molecule has 4 nitrogen and oxygen atoms in total. The first-order chi connectivity index (χ1) is 14.1. The van der Waals surface area contributed by atoms with Gasteiger partial charge in [0.15, 0.2) is 0 Å². The molecule has 0 atom stereocenters. The molecular formula is C23H15F2N3O. The van der Waals surface area contributed by atoms with Crippen LogP contribution in [0.25, 0.3) is 22.7 Å². The van der Waals surface area contributed by atoms with Crippen LogP contribution >= 0.6 is 0 Å². The number of ether oxygens (including phenoxy) is 1. The van der Waals surface area contributed by atoms with Crippen molar-refractivity contribution in [2.24, 2.45) is 0 Å². The fourth-order valence-corrected chi connectivity index (χ4v) is 2.88. The lowest BCUT2D eigenvalue weighted by molar-refractivity contribution is 0.305. The number of hydrogen-bond acceptors (Lipinski definition) is 3. The Morgan fingerprint density at radius 1 is 1.03 bits per heavy atom.